The zero-order chi connectivity index (χ0) is 21.1. The summed E-state index contributed by atoms with van der Waals surface area (Å²) in [5.74, 6) is 0.0470. The maximum Gasteiger partial charge on any atom is 0.404 e. The highest BCUT2D eigenvalue weighted by Crippen LogP contribution is 2.41. The standard InChI is InChI=1S/C24H31NO3Si/c1-5-18-16-19(17-22(18)27-23(25)26)28-29(24(2,3)4,20-12-8-6-9-13-20)21-14-10-7-11-15-21/h5-15,18-19,22H,1,16-17H2,2-4H3,(H2,25,26). The van der Waals surface area contributed by atoms with Crippen LogP contribution in [0.4, 0.5) is 4.79 Å². The molecule has 1 saturated carbocycles. The van der Waals surface area contributed by atoms with Gasteiger partial charge in [0.1, 0.15) is 6.10 Å². The van der Waals surface area contributed by atoms with Crippen LogP contribution >= 0.6 is 0 Å². The van der Waals surface area contributed by atoms with Gasteiger partial charge in [-0.25, -0.2) is 4.79 Å². The molecule has 1 fully saturated rings. The molecule has 0 heterocycles. The van der Waals surface area contributed by atoms with E-state index >= 15 is 0 Å². The molecular weight excluding hydrogens is 378 g/mol. The van der Waals surface area contributed by atoms with Crippen LogP contribution in [0.2, 0.25) is 5.04 Å². The molecule has 0 aromatic heterocycles. The van der Waals surface area contributed by atoms with Crippen LogP contribution in [-0.4, -0.2) is 26.6 Å². The minimum absolute atomic E-state index is 0.0337. The van der Waals surface area contributed by atoms with Crippen LogP contribution in [0.25, 0.3) is 0 Å². The first kappa shape index (κ1) is 21.3. The summed E-state index contributed by atoms with van der Waals surface area (Å²) < 4.78 is 12.5. The van der Waals surface area contributed by atoms with E-state index in [2.05, 4.69) is 75.9 Å². The Morgan fingerprint density at radius 2 is 1.55 bits per heavy atom. The van der Waals surface area contributed by atoms with Crippen LogP contribution < -0.4 is 16.1 Å². The molecule has 2 aromatic carbocycles. The molecule has 0 aliphatic heterocycles. The third-order valence-electron chi connectivity index (χ3n) is 5.84. The fourth-order valence-corrected chi connectivity index (χ4v) is 9.26. The van der Waals surface area contributed by atoms with Crippen molar-refractivity contribution < 1.29 is 14.0 Å². The Bertz CT molecular complexity index is 793. The van der Waals surface area contributed by atoms with E-state index in [1.807, 2.05) is 18.2 Å². The number of carbonyl (C=O) groups excluding carboxylic acids is 1. The van der Waals surface area contributed by atoms with Crippen molar-refractivity contribution in [2.45, 2.75) is 50.9 Å². The van der Waals surface area contributed by atoms with E-state index in [-0.39, 0.29) is 23.2 Å². The molecule has 154 valence electrons. The number of amides is 1. The molecule has 0 radical (unpaired) electrons. The summed E-state index contributed by atoms with van der Waals surface area (Å²) in [5, 5.41) is 2.39. The Balaban J connectivity index is 2.05. The Hall–Kier alpha value is -2.37. The van der Waals surface area contributed by atoms with Gasteiger partial charge in [-0.3, -0.25) is 0 Å². The van der Waals surface area contributed by atoms with E-state index in [4.69, 9.17) is 14.9 Å². The second-order valence-electron chi connectivity index (χ2n) is 8.75. The summed E-state index contributed by atoms with van der Waals surface area (Å²) in [4.78, 5) is 11.3. The van der Waals surface area contributed by atoms with Crippen LogP contribution in [0.15, 0.2) is 73.3 Å². The van der Waals surface area contributed by atoms with Gasteiger partial charge in [-0.05, 0) is 21.8 Å². The second-order valence-corrected chi connectivity index (χ2v) is 13.0. The molecular formula is C24H31NO3Si. The number of carbonyl (C=O) groups is 1. The van der Waals surface area contributed by atoms with Crippen LogP contribution in [-0.2, 0) is 9.16 Å². The minimum atomic E-state index is -2.63. The van der Waals surface area contributed by atoms with Crippen LogP contribution in [0, 0.1) is 5.92 Å². The van der Waals surface area contributed by atoms with Gasteiger partial charge < -0.3 is 14.9 Å². The minimum Gasteiger partial charge on any atom is -0.446 e. The lowest BCUT2D eigenvalue weighted by Gasteiger charge is -2.44. The number of ether oxygens (including phenoxy) is 1. The quantitative estimate of drug-likeness (QED) is 0.580. The van der Waals surface area contributed by atoms with E-state index in [1.165, 1.54) is 10.4 Å². The molecule has 2 N–H and O–H groups in total. The van der Waals surface area contributed by atoms with Crippen molar-refractivity contribution in [2.24, 2.45) is 11.7 Å². The highest BCUT2D eigenvalue weighted by molar-refractivity contribution is 6.99. The van der Waals surface area contributed by atoms with Crippen molar-refractivity contribution in [2.75, 3.05) is 0 Å². The lowest BCUT2D eigenvalue weighted by Crippen LogP contribution is -2.67. The number of nitrogens with two attached hydrogens (primary N) is 1. The third-order valence-corrected chi connectivity index (χ3v) is 10.9. The maximum absolute atomic E-state index is 11.3. The van der Waals surface area contributed by atoms with E-state index in [9.17, 15) is 4.79 Å². The van der Waals surface area contributed by atoms with Crippen molar-refractivity contribution in [3.8, 4) is 0 Å². The topological polar surface area (TPSA) is 61.6 Å². The molecule has 2 aromatic rings. The van der Waals surface area contributed by atoms with Crippen LogP contribution in [0.1, 0.15) is 33.6 Å². The average molecular weight is 410 g/mol. The number of hydrogen-bond acceptors (Lipinski definition) is 3. The number of benzene rings is 2. The van der Waals surface area contributed by atoms with Crippen molar-refractivity contribution in [3.63, 3.8) is 0 Å². The summed E-state index contributed by atoms with van der Waals surface area (Å²) >= 11 is 0. The normalized spacial score (nSPS) is 22.2. The highest BCUT2D eigenvalue weighted by atomic mass is 28.4. The second kappa shape index (κ2) is 8.55. The molecule has 1 aliphatic rings. The molecule has 0 bridgehead atoms. The van der Waals surface area contributed by atoms with Gasteiger partial charge in [0.15, 0.2) is 0 Å². The summed E-state index contributed by atoms with van der Waals surface area (Å²) in [6.07, 6.45) is 2.19. The fraction of sp³-hybridized carbons (Fsp3) is 0.375. The molecule has 1 amide bonds. The van der Waals surface area contributed by atoms with Crippen molar-refractivity contribution in [1.29, 1.82) is 0 Å². The first-order chi connectivity index (χ1) is 13.8. The molecule has 1 aliphatic carbocycles. The molecule has 0 saturated heterocycles. The van der Waals surface area contributed by atoms with Gasteiger partial charge in [0.05, 0.1) is 6.10 Å². The van der Waals surface area contributed by atoms with E-state index in [0.717, 1.165) is 6.42 Å². The predicted molar refractivity (Wildman–Crippen MR) is 120 cm³/mol. The van der Waals surface area contributed by atoms with Gasteiger partial charge in [-0.1, -0.05) is 87.5 Å². The van der Waals surface area contributed by atoms with Crippen molar-refractivity contribution in [1.82, 2.24) is 0 Å². The van der Waals surface area contributed by atoms with E-state index in [0.29, 0.717) is 6.42 Å². The van der Waals surface area contributed by atoms with Crippen molar-refractivity contribution >= 4 is 24.8 Å². The molecule has 3 unspecified atom stereocenters. The van der Waals surface area contributed by atoms with Crippen molar-refractivity contribution in [3.05, 3.63) is 73.3 Å². The van der Waals surface area contributed by atoms with Gasteiger partial charge in [0.25, 0.3) is 8.32 Å². The number of rotatable bonds is 6. The van der Waals surface area contributed by atoms with Gasteiger partial charge in [-0.15, -0.1) is 6.58 Å². The van der Waals surface area contributed by atoms with Crippen LogP contribution in [0.3, 0.4) is 0 Å². The Kier molecular flexibility index (Phi) is 6.29. The van der Waals surface area contributed by atoms with E-state index < -0.39 is 14.4 Å². The zero-order valence-corrected chi connectivity index (χ0v) is 18.5. The molecule has 3 rings (SSSR count). The molecule has 3 atom stereocenters. The fourth-order valence-electron chi connectivity index (χ4n) is 4.56. The van der Waals surface area contributed by atoms with Gasteiger partial charge in [0, 0.05) is 12.3 Å². The lowest BCUT2D eigenvalue weighted by molar-refractivity contribution is 0.0876. The van der Waals surface area contributed by atoms with E-state index in [1.54, 1.807) is 0 Å². The molecule has 4 nitrogen and oxygen atoms in total. The smallest absolute Gasteiger partial charge is 0.404 e. The van der Waals surface area contributed by atoms with Gasteiger partial charge >= 0.3 is 6.09 Å². The Morgan fingerprint density at radius 1 is 1.03 bits per heavy atom. The largest absolute Gasteiger partial charge is 0.446 e. The van der Waals surface area contributed by atoms with Gasteiger partial charge in [-0.2, -0.15) is 0 Å². The lowest BCUT2D eigenvalue weighted by atomic mass is 10.1. The monoisotopic (exact) mass is 409 g/mol. The first-order valence-corrected chi connectivity index (χ1v) is 12.1. The average Bonchev–Trinajstić information content (AvgIpc) is 3.07. The SMILES string of the molecule is C=CC1CC(O[Si](c2ccccc2)(c2ccccc2)C(C)(C)C)CC1OC(N)=O. The third kappa shape index (κ3) is 4.31. The summed E-state index contributed by atoms with van der Waals surface area (Å²) in [6, 6.07) is 21.1. The Labute approximate surface area is 174 Å². The molecule has 0 spiro atoms. The predicted octanol–water partition coefficient (Wildman–Crippen LogP) is 3.99. The molecule has 5 heteroatoms. The first-order valence-electron chi connectivity index (χ1n) is 10.2. The number of hydrogen-bond donors (Lipinski definition) is 1. The summed E-state index contributed by atoms with van der Waals surface area (Å²) in [5.41, 5.74) is 5.29. The highest BCUT2D eigenvalue weighted by Gasteiger charge is 2.52. The summed E-state index contributed by atoms with van der Waals surface area (Å²) in [7, 11) is -2.63. The molecule has 29 heavy (non-hydrogen) atoms. The maximum atomic E-state index is 11.3. The zero-order valence-electron chi connectivity index (χ0n) is 17.5. The Morgan fingerprint density at radius 3 is 1.97 bits per heavy atom. The van der Waals surface area contributed by atoms with Gasteiger partial charge in [0.2, 0.25) is 0 Å². The summed E-state index contributed by atoms with van der Waals surface area (Å²) in [6.45, 7) is 10.7. The van der Waals surface area contributed by atoms with Crippen LogP contribution in [0.5, 0.6) is 0 Å². The number of primary amides is 1.